The Morgan fingerprint density at radius 3 is 2.31 bits per heavy atom. The van der Waals surface area contributed by atoms with E-state index in [1.54, 1.807) is 0 Å². The zero-order valence-electron chi connectivity index (χ0n) is 15.9. The number of hydrogen-bond donors (Lipinski definition) is 1. The third-order valence-electron chi connectivity index (χ3n) is 3.94. The van der Waals surface area contributed by atoms with Crippen molar-refractivity contribution in [3.63, 3.8) is 0 Å². The van der Waals surface area contributed by atoms with Gasteiger partial charge in [-0.25, -0.2) is 0 Å². The maximum absolute atomic E-state index is 12.5. The van der Waals surface area contributed by atoms with E-state index >= 15 is 0 Å². The van der Waals surface area contributed by atoms with Gasteiger partial charge in [0, 0.05) is 6.54 Å². The van der Waals surface area contributed by atoms with E-state index in [0.717, 1.165) is 24.2 Å². The molecule has 0 saturated carbocycles. The molecule has 0 spiro atoms. The highest BCUT2D eigenvalue weighted by Gasteiger charge is 2.38. The Morgan fingerprint density at radius 2 is 1.72 bits per heavy atom. The molecular weight excluding hydrogens is 422 g/mol. The van der Waals surface area contributed by atoms with Gasteiger partial charge in [0.2, 0.25) is 10.1 Å². The van der Waals surface area contributed by atoms with Gasteiger partial charge in [-0.15, -0.1) is 0 Å². The van der Waals surface area contributed by atoms with Crippen molar-refractivity contribution >= 4 is 43.8 Å². The fourth-order valence-corrected chi connectivity index (χ4v) is 3.86. The van der Waals surface area contributed by atoms with Gasteiger partial charge < -0.3 is 9.94 Å². The fraction of sp³-hybridized carbons (Fsp3) is 0.412. The van der Waals surface area contributed by atoms with E-state index in [1.165, 1.54) is 31.4 Å². The molecule has 1 aliphatic heterocycles. The summed E-state index contributed by atoms with van der Waals surface area (Å²) >= 11 is 0.437. The molecule has 1 heterocycles. The van der Waals surface area contributed by atoms with Gasteiger partial charge in [-0.3, -0.25) is 18.8 Å². The lowest BCUT2D eigenvalue weighted by molar-refractivity contribution is -0.136. The van der Waals surface area contributed by atoms with Crippen molar-refractivity contribution in [2.75, 3.05) is 13.7 Å². The second-order valence-corrected chi connectivity index (χ2v) is 8.44. The number of nitrogens with zero attached hydrogens (tertiary/aromatic N) is 3. The van der Waals surface area contributed by atoms with Crippen molar-refractivity contribution in [1.82, 2.24) is 4.90 Å². The van der Waals surface area contributed by atoms with Crippen LogP contribution >= 0.6 is 11.8 Å². The van der Waals surface area contributed by atoms with Crippen molar-refractivity contribution in [1.29, 1.82) is 0 Å². The average Bonchev–Trinajstić information content (AvgIpc) is 2.72. The van der Waals surface area contributed by atoms with Gasteiger partial charge in [-0.1, -0.05) is 36.5 Å². The SMILES string of the molecule is CCCCCCN1C(=O)/C(=N/O)S/C(=N\OS(=O)(=O)c2ccc(OC)cc2)C1=O. The lowest BCUT2D eigenvalue weighted by Crippen LogP contribution is -2.48. The summed E-state index contributed by atoms with van der Waals surface area (Å²) in [6, 6.07) is 5.37. The lowest BCUT2D eigenvalue weighted by Gasteiger charge is -2.24. The number of amides is 2. The molecule has 1 fully saturated rings. The molecule has 0 atom stereocenters. The summed E-state index contributed by atoms with van der Waals surface area (Å²) in [7, 11) is -2.86. The number of thioether (sulfide) groups is 1. The van der Waals surface area contributed by atoms with Gasteiger partial charge in [0.05, 0.1) is 7.11 Å². The highest BCUT2D eigenvalue weighted by molar-refractivity contribution is 8.29. The molecule has 12 heteroatoms. The molecule has 1 aromatic rings. The predicted molar refractivity (Wildman–Crippen MR) is 106 cm³/mol. The zero-order valence-corrected chi connectivity index (χ0v) is 17.5. The molecule has 0 bridgehead atoms. The number of oxime groups is 2. The molecule has 29 heavy (non-hydrogen) atoms. The maximum Gasteiger partial charge on any atom is 0.358 e. The minimum atomic E-state index is -4.30. The predicted octanol–water partition coefficient (Wildman–Crippen LogP) is 2.18. The van der Waals surface area contributed by atoms with Crippen molar-refractivity contribution in [3.05, 3.63) is 24.3 Å². The smallest absolute Gasteiger partial charge is 0.358 e. The first-order valence-corrected chi connectivity index (χ1v) is 11.0. The molecule has 1 aliphatic rings. The minimum absolute atomic E-state index is 0.0987. The Bertz CT molecular complexity index is 911. The number of benzene rings is 1. The minimum Gasteiger partial charge on any atom is -0.497 e. The molecule has 0 aromatic heterocycles. The Morgan fingerprint density at radius 1 is 1.07 bits per heavy atom. The Hall–Kier alpha value is -2.60. The van der Waals surface area contributed by atoms with Gasteiger partial charge in [0.1, 0.15) is 10.6 Å². The number of rotatable bonds is 9. The van der Waals surface area contributed by atoms with E-state index in [4.69, 9.17) is 9.94 Å². The number of hydrogen-bond acceptors (Lipinski definition) is 10. The number of unbranched alkanes of at least 4 members (excludes halogenated alkanes) is 3. The summed E-state index contributed by atoms with van der Waals surface area (Å²) in [5, 5.41) is 14.5. The van der Waals surface area contributed by atoms with Crippen LogP contribution in [-0.2, 0) is 24.0 Å². The Balaban J connectivity index is 2.18. The summed E-state index contributed by atoms with van der Waals surface area (Å²) in [6.07, 6.45) is 3.29. The van der Waals surface area contributed by atoms with Crippen LogP contribution in [0.25, 0.3) is 0 Å². The molecular formula is C17H21N3O7S2. The number of methoxy groups -OCH3 is 1. The molecule has 1 N–H and O–H groups in total. The second-order valence-electron chi connectivity index (χ2n) is 5.93. The Labute approximate surface area is 172 Å². The van der Waals surface area contributed by atoms with Crippen molar-refractivity contribution in [3.8, 4) is 5.75 Å². The summed E-state index contributed by atoms with van der Waals surface area (Å²) in [4.78, 5) is 25.4. The third-order valence-corrected chi connectivity index (χ3v) is 5.95. The van der Waals surface area contributed by atoms with Gasteiger partial charge in [-0.2, -0.15) is 8.42 Å². The van der Waals surface area contributed by atoms with E-state index in [1.807, 2.05) is 6.92 Å². The van der Waals surface area contributed by atoms with E-state index in [0.29, 0.717) is 23.9 Å². The molecule has 1 saturated heterocycles. The van der Waals surface area contributed by atoms with Gasteiger partial charge >= 0.3 is 10.1 Å². The molecule has 10 nitrogen and oxygen atoms in total. The van der Waals surface area contributed by atoms with Crippen LogP contribution in [0.2, 0.25) is 0 Å². The quantitative estimate of drug-likeness (QED) is 0.266. The van der Waals surface area contributed by atoms with E-state index in [-0.39, 0.29) is 11.4 Å². The molecule has 0 radical (unpaired) electrons. The van der Waals surface area contributed by atoms with Crippen LogP contribution in [0, 0.1) is 0 Å². The van der Waals surface area contributed by atoms with E-state index in [2.05, 4.69) is 14.6 Å². The van der Waals surface area contributed by atoms with Crippen LogP contribution < -0.4 is 4.74 Å². The highest BCUT2D eigenvalue weighted by atomic mass is 32.2. The number of carbonyl (C=O) groups is 2. The molecule has 0 unspecified atom stereocenters. The largest absolute Gasteiger partial charge is 0.497 e. The van der Waals surface area contributed by atoms with Crippen LogP contribution in [0.3, 0.4) is 0 Å². The van der Waals surface area contributed by atoms with Crippen molar-refractivity contribution < 1.29 is 32.2 Å². The van der Waals surface area contributed by atoms with Gasteiger partial charge in [0.25, 0.3) is 11.8 Å². The second kappa shape index (κ2) is 10.3. The fourth-order valence-electron chi connectivity index (χ4n) is 2.39. The van der Waals surface area contributed by atoms with E-state index < -0.39 is 32.0 Å². The first-order valence-electron chi connectivity index (χ1n) is 8.75. The molecule has 2 rings (SSSR count). The first kappa shape index (κ1) is 22.7. The molecule has 158 valence electrons. The normalized spacial score (nSPS) is 17.8. The number of imide groups is 1. The topological polar surface area (TPSA) is 135 Å². The Kier molecular flexibility index (Phi) is 8.02. The number of ether oxygens (including phenoxy) is 1. The van der Waals surface area contributed by atoms with Crippen molar-refractivity contribution in [2.24, 2.45) is 10.3 Å². The van der Waals surface area contributed by atoms with Crippen LogP contribution in [0.4, 0.5) is 0 Å². The monoisotopic (exact) mass is 443 g/mol. The summed E-state index contributed by atoms with van der Waals surface area (Å²) in [5.74, 6) is -1.13. The van der Waals surface area contributed by atoms with Gasteiger partial charge in [0.15, 0.2) is 0 Å². The maximum atomic E-state index is 12.5. The standard InChI is InChI=1S/C17H21N3O7S2/c1-3-4-5-6-11-20-16(21)14(18-23)28-15(17(20)22)19-27-29(24,25)13-9-7-12(26-2)8-10-13/h7-10,23H,3-6,11H2,1-2H3/b18-14-,19-15-. The molecule has 0 aliphatic carbocycles. The highest BCUT2D eigenvalue weighted by Crippen LogP contribution is 2.22. The van der Waals surface area contributed by atoms with Crippen LogP contribution in [0.5, 0.6) is 5.75 Å². The molecule has 1 aromatic carbocycles. The van der Waals surface area contributed by atoms with Gasteiger partial charge in [-0.05, 0) is 42.4 Å². The zero-order chi connectivity index (χ0) is 21.4. The number of carbonyl (C=O) groups excluding carboxylic acids is 2. The summed E-state index contributed by atoms with van der Waals surface area (Å²) in [5.41, 5.74) is 0. The summed E-state index contributed by atoms with van der Waals surface area (Å²) in [6.45, 7) is 2.12. The van der Waals surface area contributed by atoms with Crippen LogP contribution in [-0.4, -0.2) is 54.1 Å². The van der Waals surface area contributed by atoms with Crippen LogP contribution in [0.1, 0.15) is 32.6 Å². The van der Waals surface area contributed by atoms with Crippen LogP contribution in [0.15, 0.2) is 39.5 Å². The first-order chi connectivity index (χ1) is 13.8. The third kappa shape index (κ3) is 5.70. The van der Waals surface area contributed by atoms with E-state index in [9.17, 15) is 18.0 Å². The lowest BCUT2D eigenvalue weighted by atomic mass is 10.2. The van der Waals surface area contributed by atoms with Crippen molar-refractivity contribution in [2.45, 2.75) is 37.5 Å². The average molecular weight is 444 g/mol. The summed E-state index contributed by atoms with van der Waals surface area (Å²) < 4.78 is 34.1. The molecule has 2 amide bonds.